The normalized spacial score (nSPS) is 14.5. The van der Waals surface area contributed by atoms with Crippen LogP contribution in [0.15, 0.2) is 27.4 Å². The van der Waals surface area contributed by atoms with Crippen LogP contribution < -0.4 is 10.4 Å². The summed E-state index contributed by atoms with van der Waals surface area (Å²) in [5, 5.41) is 11.8. The van der Waals surface area contributed by atoms with Gasteiger partial charge >= 0.3 is 11.3 Å². The third-order valence-corrected chi connectivity index (χ3v) is 4.29. The smallest absolute Gasteiger partial charge is 0.336 e. The van der Waals surface area contributed by atoms with E-state index in [-0.39, 0.29) is 29.5 Å². The topological polar surface area (TPSA) is 103 Å². The molecule has 0 saturated carbocycles. The van der Waals surface area contributed by atoms with Crippen LogP contribution >= 0.6 is 0 Å². The van der Waals surface area contributed by atoms with E-state index in [0.29, 0.717) is 24.0 Å². The molecule has 1 aliphatic heterocycles. The molecule has 132 valence electrons. The highest BCUT2D eigenvalue weighted by molar-refractivity contribution is 5.85. The Balaban J connectivity index is 1.88. The van der Waals surface area contributed by atoms with Crippen molar-refractivity contribution >= 4 is 22.6 Å². The summed E-state index contributed by atoms with van der Waals surface area (Å²) in [6, 6.07) is 3.87. The van der Waals surface area contributed by atoms with Crippen LogP contribution in [0.5, 0.6) is 5.75 Å². The zero-order valence-electron chi connectivity index (χ0n) is 13.8. The standard InChI is InChI=1S/C17H18N2O6/c1-11-7-17(21)25-14-9-15(13(19(22)23)8-12(11)14)24-10-16(20)18-5-3-2-4-6-18/h7-9H,2-6,10H2,1H3. The van der Waals surface area contributed by atoms with Gasteiger partial charge in [0.25, 0.3) is 5.91 Å². The van der Waals surface area contributed by atoms with Crippen molar-refractivity contribution < 1.29 is 18.9 Å². The maximum atomic E-state index is 12.2. The predicted molar refractivity (Wildman–Crippen MR) is 89.8 cm³/mol. The van der Waals surface area contributed by atoms with Crippen molar-refractivity contribution in [2.24, 2.45) is 0 Å². The van der Waals surface area contributed by atoms with E-state index in [9.17, 15) is 19.7 Å². The van der Waals surface area contributed by atoms with Gasteiger partial charge in [0.1, 0.15) is 5.58 Å². The Bertz CT molecular complexity index is 883. The molecule has 2 aromatic rings. The molecular formula is C17H18N2O6. The summed E-state index contributed by atoms with van der Waals surface area (Å²) in [7, 11) is 0. The number of carbonyl (C=O) groups excluding carboxylic acids is 1. The highest BCUT2D eigenvalue weighted by atomic mass is 16.6. The van der Waals surface area contributed by atoms with E-state index >= 15 is 0 Å². The second kappa shape index (κ2) is 6.92. The fourth-order valence-corrected chi connectivity index (χ4v) is 2.97. The van der Waals surface area contributed by atoms with Gasteiger partial charge in [0.15, 0.2) is 6.61 Å². The molecule has 1 amide bonds. The lowest BCUT2D eigenvalue weighted by Gasteiger charge is -2.26. The Morgan fingerprint density at radius 2 is 2.00 bits per heavy atom. The van der Waals surface area contributed by atoms with Crippen LogP contribution in [0.1, 0.15) is 24.8 Å². The summed E-state index contributed by atoms with van der Waals surface area (Å²) in [5.41, 5.74) is -0.0496. The molecule has 3 rings (SSSR count). The molecule has 0 radical (unpaired) electrons. The van der Waals surface area contributed by atoms with Gasteiger partial charge in [0, 0.05) is 36.7 Å². The first kappa shape index (κ1) is 16.9. The largest absolute Gasteiger partial charge is 0.477 e. The number of carbonyl (C=O) groups is 1. The van der Waals surface area contributed by atoms with Gasteiger partial charge in [-0.2, -0.15) is 0 Å². The molecule has 1 aromatic carbocycles. The quantitative estimate of drug-likeness (QED) is 0.478. The Hall–Kier alpha value is -2.90. The Morgan fingerprint density at radius 3 is 2.68 bits per heavy atom. The lowest BCUT2D eigenvalue weighted by molar-refractivity contribution is -0.385. The third-order valence-electron chi connectivity index (χ3n) is 4.29. The predicted octanol–water partition coefficient (Wildman–Crippen LogP) is 2.40. The molecule has 0 atom stereocenters. The summed E-state index contributed by atoms with van der Waals surface area (Å²) >= 11 is 0. The van der Waals surface area contributed by atoms with Gasteiger partial charge in [-0.3, -0.25) is 14.9 Å². The van der Waals surface area contributed by atoms with Crippen molar-refractivity contribution in [3.8, 4) is 5.75 Å². The van der Waals surface area contributed by atoms with Crippen molar-refractivity contribution in [1.82, 2.24) is 4.90 Å². The van der Waals surface area contributed by atoms with Gasteiger partial charge in [-0.1, -0.05) is 0 Å². The maximum absolute atomic E-state index is 12.2. The van der Waals surface area contributed by atoms with Crippen LogP contribution in [0, 0.1) is 17.0 Å². The second-order valence-electron chi connectivity index (χ2n) is 6.05. The number of piperidine rings is 1. The monoisotopic (exact) mass is 346 g/mol. The minimum atomic E-state index is -0.579. The Kier molecular flexibility index (Phi) is 4.69. The van der Waals surface area contributed by atoms with Gasteiger partial charge in [-0.25, -0.2) is 4.79 Å². The van der Waals surface area contributed by atoms with Crippen LogP contribution in [0.25, 0.3) is 11.0 Å². The average Bonchev–Trinajstić information content (AvgIpc) is 2.59. The fraction of sp³-hybridized carbons (Fsp3) is 0.412. The van der Waals surface area contributed by atoms with Crippen molar-refractivity contribution in [3.05, 3.63) is 44.3 Å². The van der Waals surface area contributed by atoms with Gasteiger partial charge in [-0.05, 0) is 31.7 Å². The van der Waals surface area contributed by atoms with Crippen LogP contribution in [0.4, 0.5) is 5.69 Å². The first-order chi connectivity index (χ1) is 12.0. The Morgan fingerprint density at radius 1 is 1.28 bits per heavy atom. The number of nitro groups is 1. The van der Waals surface area contributed by atoms with Gasteiger partial charge in [0.2, 0.25) is 5.75 Å². The number of nitro benzene ring substituents is 1. The van der Waals surface area contributed by atoms with Gasteiger partial charge in [-0.15, -0.1) is 0 Å². The molecule has 8 nitrogen and oxygen atoms in total. The number of nitrogens with zero attached hydrogens (tertiary/aromatic N) is 2. The van der Waals surface area contributed by atoms with E-state index in [1.165, 1.54) is 18.2 Å². The average molecular weight is 346 g/mol. The van der Waals surface area contributed by atoms with E-state index in [2.05, 4.69) is 0 Å². The third kappa shape index (κ3) is 3.62. The van der Waals surface area contributed by atoms with Crippen LogP contribution in [0.3, 0.4) is 0 Å². The first-order valence-corrected chi connectivity index (χ1v) is 8.09. The van der Waals surface area contributed by atoms with Crippen molar-refractivity contribution in [1.29, 1.82) is 0 Å². The molecule has 1 aromatic heterocycles. The molecule has 0 spiro atoms. The Labute approximate surface area is 143 Å². The van der Waals surface area contributed by atoms with Gasteiger partial charge in [0.05, 0.1) is 4.92 Å². The number of likely N-dealkylation sites (tertiary alicyclic amines) is 1. The highest BCUT2D eigenvalue weighted by Gasteiger charge is 2.22. The van der Waals surface area contributed by atoms with Crippen LogP contribution in [-0.4, -0.2) is 35.4 Å². The number of hydrogen-bond acceptors (Lipinski definition) is 6. The zero-order valence-corrected chi connectivity index (χ0v) is 13.8. The fourth-order valence-electron chi connectivity index (χ4n) is 2.97. The molecule has 0 N–H and O–H groups in total. The molecule has 2 heterocycles. The molecular weight excluding hydrogens is 328 g/mol. The van der Waals surface area contributed by atoms with Crippen LogP contribution in [-0.2, 0) is 4.79 Å². The number of aryl methyl sites for hydroxylation is 1. The van der Waals surface area contributed by atoms with E-state index in [0.717, 1.165) is 19.3 Å². The number of hydrogen-bond donors (Lipinski definition) is 0. The molecule has 1 saturated heterocycles. The molecule has 0 aliphatic carbocycles. The van der Waals surface area contributed by atoms with Crippen LogP contribution in [0.2, 0.25) is 0 Å². The molecule has 1 fully saturated rings. The molecule has 0 unspecified atom stereocenters. The number of ether oxygens (including phenoxy) is 1. The van der Waals surface area contributed by atoms with E-state index < -0.39 is 10.5 Å². The number of benzene rings is 1. The van der Waals surface area contributed by atoms with Crippen molar-refractivity contribution in [3.63, 3.8) is 0 Å². The summed E-state index contributed by atoms with van der Waals surface area (Å²) < 4.78 is 10.5. The SMILES string of the molecule is Cc1cc(=O)oc2cc(OCC(=O)N3CCCCC3)c([N+](=O)[O-])cc12. The minimum Gasteiger partial charge on any atom is -0.477 e. The number of rotatable bonds is 4. The van der Waals surface area contributed by atoms with E-state index in [1.54, 1.807) is 11.8 Å². The molecule has 25 heavy (non-hydrogen) atoms. The summed E-state index contributed by atoms with van der Waals surface area (Å²) in [5.74, 6) is -0.295. The van der Waals surface area contributed by atoms with Crippen molar-refractivity contribution in [2.45, 2.75) is 26.2 Å². The lowest BCUT2D eigenvalue weighted by atomic mass is 10.1. The highest BCUT2D eigenvalue weighted by Crippen LogP contribution is 2.33. The first-order valence-electron chi connectivity index (χ1n) is 8.09. The molecule has 0 bridgehead atoms. The number of fused-ring (bicyclic) bond motifs is 1. The second-order valence-corrected chi connectivity index (χ2v) is 6.05. The molecule has 1 aliphatic rings. The summed E-state index contributed by atoms with van der Waals surface area (Å²) in [6.07, 6.45) is 3.00. The van der Waals surface area contributed by atoms with E-state index in [4.69, 9.17) is 9.15 Å². The minimum absolute atomic E-state index is 0.0865. The van der Waals surface area contributed by atoms with Crippen molar-refractivity contribution in [2.75, 3.05) is 19.7 Å². The lowest BCUT2D eigenvalue weighted by Crippen LogP contribution is -2.38. The summed E-state index contributed by atoms with van der Waals surface area (Å²) in [6.45, 7) is 2.73. The van der Waals surface area contributed by atoms with Gasteiger partial charge < -0.3 is 14.1 Å². The number of amides is 1. The summed E-state index contributed by atoms with van der Waals surface area (Å²) in [4.78, 5) is 36.1. The molecule has 8 heteroatoms. The van der Waals surface area contributed by atoms with E-state index in [1.807, 2.05) is 0 Å². The zero-order chi connectivity index (χ0) is 18.0. The maximum Gasteiger partial charge on any atom is 0.336 e.